The molecule has 0 unspecified atom stereocenters. The Hall–Kier alpha value is -3.11. The number of aliphatic carboxylic acids is 2. The fraction of sp³-hybridized carbons (Fsp3) is 0.444. The number of carbonyl (C=O) groups excluding carboxylic acids is 1. The van der Waals surface area contributed by atoms with E-state index in [0.717, 1.165) is 74.6 Å². The summed E-state index contributed by atoms with van der Waals surface area (Å²) in [6.45, 7) is 8.93. The molecule has 0 aromatic heterocycles. The number of carbonyl (C=O) groups is 3. The lowest BCUT2D eigenvalue weighted by Crippen LogP contribution is -2.51. The second kappa shape index (κ2) is 14.0. The quantitative estimate of drug-likeness (QED) is 0.503. The minimum Gasteiger partial charge on any atom is -0.492 e. The van der Waals surface area contributed by atoms with Crippen LogP contribution in [0, 0.1) is 5.92 Å². The van der Waals surface area contributed by atoms with E-state index in [-0.39, 0.29) is 5.92 Å². The van der Waals surface area contributed by atoms with E-state index >= 15 is 0 Å². The van der Waals surface area contributed by atoms with Crippen molar-refractivity contribution in [1.82, 2.24) is 9.80 Å². The van der Waals surface area contributed by atoms with Crippen molar-refractivity contribution >= 4 is 39.5 Å². The van der Waals surface area contributed by atoms with Crippen LogP contribution in [0.5, 0.6) is 5.75 Å². The number of carboxylic acid groups (broad SMARTS) is 2. The number of likely N-dealkylation sites (tertiary alicyclic amines) is 1. The van der Waals surface area contributed by atoms with E-state index in [9.17, 15) is 4.79 Å². The zero-order valence-electron chi connectivity index (χ0n) is 21.0. The largest absolute Gasteiger partial charge is 0.492 e. The number of hydrogen-bond acceptors (Lipinski definition) is 6. The van der Waals surface area contributed by atoms with Crippen LogP contribution in [0.4, 0.5) is 5.69 Å². The maximum absolute atomic E-state index is 13.1. The Labute approximate surface area is 225 Å². The first kappa shape index (κ1) is 28.5. The summed E-state index contributed by atoms with van der Waals surface area (Å²) in [6, 6.07) is 16.7. The summed E-state index contributed by atoms with van der Waals surface area (Å²) in [5, 5.41) is 14.8. The molecule has 2 saturated heterocycles. The lowest BCUT2D eigenvalue weighted by atomic mass is 9.94. The second-order valence-corrected chi connectivity index (χ2v) is 9.92. The zero-order valence-corrected chi connectivity index (χ0v) is 22.6. The van der Waals surface area contributed by atoms with Gasteiger partial charge in [-0.05, 0) is 62.7 Å². The Balaban J connectivity index is 0.000000568. The Kier molecular flexibility index (Phi) is 10.8. The fourth-order valence-electron chi connectivity index (χ4n) is 4.61. The molecule has 2 aliphatic heterocycles. The lowest BCUT2D eigenvalue weighted by molar-refractivity contribution is -0.159. The first-order chi connectivity index (χ1) is 17.8. The molecular weight excluding hydrogens is 542 g/mol. The van der Waals surface area contributed by atoms with Crippen LogP contribution in [0.3, 0.4) is 0 Å². The molecule has 10 heteroatoms. The van der Waals surface area contributed by atoms with E-state index in [4.69, 9.17) is 24.5 Å². The van der Waals surface area contributed by atoms with Gasteiger partial charge in [0.25, 0.3) is 0 Å². The van der Waals surface area contributed by atoms with Crippen LogP contribution < -0.4 is 9.64 Å². The van der Waals surface area contributed by atoms with Crippen LogP contribution in [0.15, 0.2) is 53.0 Å². The summed E-state index contributed by atoms with van der Waals surface area (Å²) in [7, 11) is 0. The van der Waals surface area contributed by atoms with Gasteiger partial charge in [-0.1, -0.05) is 40.2 Å². The molecule has 0 atom stereocenters. The number of benzene rings is 2. The number of amides is 1. The number of rotatable bonds is 6. The molecule has 0 aliphatic carbocycles. The average Bonchev–Trinajstić information content (AvgIpc) is 2.91. The molecule has 2 aliphatic rings. The predicted octanol–water partition coefficient (Wildman–Crippen LogP) is 3.56. The highest BCUT2D eigenvalue weighted by Crippen LogP contribution is 2.29. The van der Waals surface area contributed by atoms with Crippen LogP contribution in [-0.4, -0.2) is 83.7 Å². The highest BCUT2D eigenvalue weighted by Gasteiger charge is 2.30. The van der Waals surface area contributed by atoms with Gasteiger partial charge in [0.1, 0.15) is 5.75 Å². The molecule has 9 nitrogen and oxygen atoms in total. The van der Waals surface area contributed by atoms with Crippen molar-refractivity contribution in [2.75, 3.05) is 50.8 Å². The minimum atomic E-state index is -1.82. The third-order valence-electron chi connectivity index (χ3n) is 6.54. The first-order valence-corrected chi connectivity index (χ1v) is 13.3. The van der Waals surface area contributed by atoms with Gasteiger partial charge in [0.2, 0.25) is 5.91 Å². The molecule has 1 amide bonds. The summed E-state index contributed by atoms with van der Waals surface area (Å²) < 4.78 is 6.90. The molecule has 2 aromatic rings. The standard InChI is InChI=1S/C25H32BrN3O2.C2H2O4/c1-2-31-24-6-4-3-5-23(24)28-15-17-29(18-16-28)25(30)21-11-13-27(14-12-21)19-20-7-9-22(26)10-8-20;3-1(4)2(5)6/h3-10,21H,2,11-19H2,1H3;(H,3,4)(H,5,6). The highest BCUT2D eigenvalue weighted by atomic mass is 79.9. The van der Waals surface area contributed by atoms with Crippen LogP contribution in [0.1, 0.15) is 25.3 Å². The third-order valence-corrected chi connectivity index (χ3v) is 7.07. The van der Waals surface area contributed by atoms with Crippen molar-refractivity contribution in [3.63, 3.8) is 0 Å². The van der Waals surface area contributed by atoms with Gasteiger partial charge in [0.05, 0.1) is 12.3 Å². The first-order valence-electron chi connectivity index (χ1n) is 12.5. The third kappa shape index (κ3) is 8.46. The van der Waals surface area contributed by atoms with Crippen molar-refractivity contribution < 1.29 is 29.3 Å². The fourth-order valence-corrected chi connectivity index (χ4v) is 4.87. The van der Waals surface area contributed by atoms with E-state index in [0.29, 0.717) is 12.5 Å². The molecule has 200 valence electrons. The number of piperazine rings is 1. The van der Waals surface area contributed by atoms with E-state index in [2.05, 4.69) is 67.0 Å². The summed E-state index contributed by atoms with van der Waals surface area (Å²) in [5.74, 6) is -2.20. The maximum atomic E-state index is 13.1. The predicted molar refractivity (Wildman–Crippen MR) is 144 cm³/mol. The van der Waals surface area contributed by atoms with Gasteiger partial charge in [-0.2, -0.15) is 0 Å². The Morgan fingerprint density at radius 2 is 1.49 bits per heavy atom. The summed E-state index contributed by atoms with van der Waals surface area (Å²) >= 11 is 3.49. The second-order valence-electron chi connectivity index (χ2n) is 9.00. The van der Waals surface area contributed by atoms with E-state index in [1.807, 2.05) is 19.1 Å². The van der Waals surface area contributed by atoms with Crippen molar-refractivity contribution in [2.45, 2.75) is 26.3 Å². The molecule has 4 rings (SSSR count). The molecule has 0 radical (unpaired) electrons. The molecule has 2 fully saturated rings. The van der Waals surface area contributed by atoms with E-state index < -0.39 is 11.9 Å². The summed E-state index contributed by atoms with van der Waals surface area (Å²) in [5.41, 5.74) is 2.47. The van der Waals surface area contributed by atoms with Crippen LogP contribution >= 0.6 is 15.9 Å². The van der Waals surface area contributed by atoms with Gasteiger partial charge in [-0.3, -0.25) is 9.69 Å². The average molecular weight is 576 g/mol. The summed E-state index contributed by atoms with van der Waals surface area (Å²) in [6.07, 6.45) is 1.92. The van der Waals surface area contributed by atoms with Crippen molar-refractivity contribution in [3.05, 3.63) is 58.6 Å². The SMILES string of the molecule is CCOc1ccccc1N1CCN(C(=O)C2CCN(Cc3ccc(Br)cc3)CC2)CC1.O=C(O)C(=O)O. The number of hydrogen-bond donors (Lipinski definition) is 2. The maximum Gasteiger partial charge on any atom is 0.414 e. The minimum absolute atomic E-state index is 0.170. The normalized spacial score (nSPS) is 16.5. The molecule has 37 heavy (non-hydrogen) atoms. The summed E-state index contributed by atoms with van der Waals surface area (Å²) in [4.78, 5) is 38.2. The molecule has 0 saturated carbocycles. The number of ether oxygens (including phenoxy) is 1. The number of halogens is 1. The van der Waals surface area contributed by atoms with Crippen molar-refractivity contribution in [1.29, 1.82) is 0 Å². The molecule has 2 N–H and O–H groups in total. The van der Waals surface area contributed by atoms with Gasteiger partial charge in [0.15, 0.2) is 0 Å². The van der Waals surface area contributed by atoms with Crippen LogP contribution in [-0.2, 0) is 20.9 Å². The van der Waals surface area contributed by atoms with Crippen LogP contribution in [0.25, 0.3) is 0 Å². The Morgan fingerprint density at radius 1 is 0.892 bits per heavy atom. The Morgan fingerprint density at radius 3 is 2.05 bits per heavy atom. The van der Waals surface area contributed by atoms with Gasteiger partial charge in [0, 0.05) is 43.1 Å². The number of nitrogens with zero attached hydrogens (tertiary/aromatic N) is 3. The van der Waals surface area contributed by atoms with E-state index in [1.165, 1.54) is 5.56 Å². The van der Waals surface area contributed by atoms with Crippen LogP contribution in [0.2, 0.25) is 0 Å². The molecule has 0 spiro atoms. The van der Waals surface area contributed by atoms with Gasteiger partial charge in [-0.25, -0.2) is 9.59 Å². The number of anilines is 1. The molecule has 0 bridgehead atoms. The zero-order chi connectivity index (χ0) is 26.8. The lowest BCUT2D eigenvalue weighted by Gasteiger charge is -2.39. The molecule has 2 heterocycles. The number of piperidine rings is 1. The van der Waals surface area contributed by atoms with Gasteiger partial charge >= 0.3 is 11.9 Å². The monoisotopic (exact) mass is 575 g/mol. The highest BCUT2D eigenvalue weighted by molar-refractivity contribution is 9.10. The topological polar surface area (TPSA) is 111 Å². The van der Waals surface area contributed by atoms with E-state index in [1.54, 1.807) is 0 Å². The van der Waals surface area contributed by atoms with Gasteiger partial charge < -0.3 is 24.7 Å². The smallest absolute Gasteiger partial charge is 0.414 e. The van der Waals surface area contributed by atoms with Crippen molar-refractivity contribution in [2.24, 2.45) is 5.92 Å². The molecular formula is C27H34BrN3O6. The number of para-hydroxylation sites is 2. The number of carboxylic acids is 2. The van der Waals surface area contributed by atoms with Crippen molar-refractivity contribution in [3.8, 4) is 5.75 Å². The molecule has 2 aromatic carbocycles. The Bertz CT molecular complexity index is 1040. The van der Waals surface area contributed by atoms with Gasteiger partial charge in [-0.15, -0.1) is 0 Å².